The molecule has 188 valence electrons. The molecule has 0 aliphatic carbocycles. The Morgan fingerprint density at radius 2 is 1.82 bits per heavy atom. The van der Waals surface area contributed by atoms with Gasteiger partial charge in [0, 0.05) is 29.7 Å². The highest BCUT2D eigenvalue weighted by Crippen LogP contribution is 2.29. The first kappa shape index (κ1) is 28.0. The normalized spacial score (nSPS) is 13.1. The van der Waals surface area contributed by atoms with Crippen LogP contribution >= 0.6 is 11.8 Å². The zero-order chi connectivity index (χ0) is 25.5. The molecule has 0 aromatic heterocycles. The minimum Gasteiger partial charge on any atom is -0.481 e. The van der Waals surface area contributed by atoms with E-state index in [1.807, 2.05) is 39.0 Å². The number of aryl methyl sites for hydroxylation is 2. The van der Waals surface area contributed by atoms with Crippen molar-refractivity contribution in [3.8, 4) is 5.75 Å². The van der Waals surface area contributed by atoms with Crippen LogP contribution in [0, 0.1) is 6.92 Å². The fraction of sp³-hybridized carbons (Fsp3) is 0.435. The number of ether oxygens (including phenoxy) is 1. The number of hydrogen-bond acceptors (Lipinski definition) is 5. The summed E-state index contributed by atoms with van der Waals surface area (Å²) in [6, 6.07) is 9.92. The Balaban J connectivity index is 2.11. The molecule has 0 saturated heterocycles. The van der Waals surface area contributed by atoms with Gasteiger partial charge in [0.15, 0.2) is 0 Å². The van der Waals surface area contributed by atoms with Crippen molar-refractivity contribution in [1.82, 2.24) is 4.31 Å². The lowest BCUT2D eigenvalue weighted by molar-refractivity contribution is -0.274. The van der Waals surface area contributed by atoms with Crippen LogP contribution in [-0.4, -0.2) is 48.5 Å². The van der Waals surface area contributed by atoms with E-state index in [-0.39, 0.29) is 29.7 Å². The predicted octanol–water partition coefficient (Wildman–Crippen LogP) is 5.49. The van der Waals surface area contributed by atoms with Crippen molar-refractivity contribution in [3.63, 3.8) is 0 Å². The molecule has 0 fully saturated rings. The van der Waals surface area contributed by atoms with Crippen LogP contribution in [0.2, 0.25) is 0 Å². The molecule has 0 radical (unpaired) electrons. The second kappa shape index (κ2) is 11.9. The van der Waals surface area contributed by atoms with Gasteiger partial charge in [-0.25, -0.2) is 8.42 Å². The molecule has 0 amide bonds. The number of alkyl halides is 3. The number of sulfonamides is 1. The zero-order valence-electron chi connectivity index (χ0n) is 19.1. The summed E-state index contributed by atoms with van der Waals surface area (Å²) < 4.78 is 68.5. The first-order chi connectivity index (χ1) is 15.8. The summed E-state index contributed by atoms with van der Waals surface area (Å²) in [5, 5.41) is 8.75. The van der Waals surface area contributed by atoms with E-state index in [0.717, 1.165) is 40.3 Å². The Bertz CT molecular complexity index is 1070. The van der Waals surface area contributed by atoms with E-state index in [1.165, 1.54) is 16.1 Å². The highest BCUT2D eigenvalue weighted by atomic mass is 32.2. The maximum Gasteiger partial charge on any atom is 0.573 e. The van der Waals surface area contributed by atoms with Crippen LogP contribution in [-0.2, 0) is 21.2 Å². The number of aliphatic carboxylic acids is 1. The minimum atomic E-state index is -4.85. The van der Waals surface area contributed by atoms with Gasteiger partial charge in [0.05, 0.1) is 4.90 Å². The number of hydrogen-bond donors (Lipinski definition) is 1. The second-order valence-corrected chi connectivity index (χ2v) is 11.2. The first-order valence-electron chi connectivity index (χ1n) is 10.7. The summed E-state index contributed by atoms with van der Waals surface area (Å²) in [6.45, 7) is 6.13. The molecule has 0 heterocycles. The standard InChI is InChI=1S/C23H28F3NO5S2/c1-4-13-27(34(30,31)21-10-7-19(8-11-21)32-23(24,25)26)15-17(3)33-20-9-5-18(16(2)14-20)6-12-22(28)29/h5,7-11,14,17H,4,6,12-13,15H2,1-3H3,(H,28,29)/t17-/m1/s1. The smallest absolute Gasteiger partial charge is 0.481 e. The molecule has 1 atom stereocenters. The predicted molar refractivity (Wildman–Crippen MR) is 125 cm³/mol. The molecule has 2 aromatic rings. The second-order valence-electron chi connectivity index (χ2n) is 7.79. The van der Waals surface area contributed by atoms with Crippen LogP contribution in [0.1, 0.15) is 37.8 Å². The van der Waals surface area contributed by atoms with Gasteiger partial charge in [0.25, 0.3) is 0 Å². The lowest BCUT2D eigenvalue weighted by Gasteiger charge is -2.25. The minimum absolute atomic E-state index is 0.0525. The van der Waals surface area contributed by atoms with Crippen molar-refractivity contribution >= 4 is 27.8 Å². The third kappa shape index (κ3) is 8.52. The Morgan fingerprint density at radius 3 is 2.35 bits per heavy atom. The van der Waals surface area contributed by atoms with Gasteiger partial charge in [-0.05, 0) is 67.3 Å². The van der Waals surface area contributed by atoms with Crippen molar-refractivity contribution in [1.29, 1.82) is 0 Å². The fourth-order valence-corrected chi connectivity index (χ4v) is 6.17. The van der Waals surface area contributed by atoms with Gasteiger partial charge >= 0.3 is 12.3 Å². The largest absolute Gasteiger partial charge is 0.573 e. The molecule has 0 aliphatic heterocycles. The number of rotatable bonds is 12. The SMILES string of the molecule is CCCN(C[C@@H](C)Sc1ccc(CCC(=O)O)c(C)c1)S(=O)(=O)c1ccc(OC(F)(F)F)cc1. The highest BCUT2D eigenvalue weighted by molar-refractivity contribution is 8.00. The molecular weight excluding hydrogens is 491 g/mol. The van der Waals surface area contributed by atoms with Crippen molar-refractivity contribution in [2.24, 2.45) is 0 Å². The molecular formula is C23H28F3NO5S2. The zero-order valence-corrected chi connectivity index (χ0v) is 20.8. The van der Waals surface area contributed by atoms with Gasteiger partial charge in [0.2, 0.25) is 10.0 Å². The van der Waals surface area contributed by atoms with E-state index in [9.17, 15) is 26.4 Å². The van der Waals surface area contributed by atoms with Crippen LogP contribution in [0.5, 0.6) is 5.75 Å². The molecule has 2 aromatic carbocycles. The third-order valence-electron chi connectivity index (χ3n) is 4.89. The van der Waals surface area contributed by atoms with E-state index in [0.29, 0.717) is 12.8 Å². The molecule has 0 spiro atoms. The first-order valence-corrected chi connectivity index (χ1v) is 13.0. The van der Waals surface area contributed by atoms with Crippen LogP contribution in [0.25, 0.3) is 0 Å². The lowest BCUT2D eigenvalue weighted by Crippen LogP contribution is -2.36. The van der Waals surface area contributed by atoms with Crippen LogP contribution in [0.3, 0.4) is 0 Å². The molecule has 1 N–H and O–H groups in total. The monoisotopic (exact) mass is 519 g/mol. The average molecular weight is 520 g/mol. The average Bonchev–Trinajstić information content (AvgIpc) is 2.72. The van der Waals surface area contributed by atoms with Crippen LogP contribution < -0.4 is 4.74 Å². The van der Waals surface area contributed by atoms with Crippen molar-refractivity contribution < 1.29 is 36.2 Å². The number of carbonyl (C=O) groups is 1. The van der Waals surface area contributed by atoms with Crippen LogP contribution in [0.15, 0.2) is 52.3 Å². The van der Waals surface area contributed by atoms with Crippen LogP contribution in [0.4, 0.5) is 13.2 Å². The number of benzene rings is 2. The summed E-state index contributed by atoms with van der Waals surface area (Å²) in [6.07, 6.45) is -3.79. The molecule has 0 aliphatic rings. The quantitative estimate of drug-likeness (QED) is 0.373. The van der Waals surface area contributed by atoms with Gasteiger partial charge < -0.3 is 9.84 Å². The summed E-state index contributed by atoms with van der Waals surface area (Å²) >= 11 is 1.50. The number of nitrogens with zero attached hydrogens (tertiary/aromatic N) is 1. The molecule has 0 bridgehead atoms. The van der Waals surface area contributed by atoms with E-state index >= 15 is 0 Å². The number of carboxylic acid groups (broad SMARTS) is 1. The highest BCUT2D eigenvalue weighted by Gasteiger charge is 2.31. The van der Waals surface area contributed by atoms with E-state index in [4.69, 9.17) is 5.11 Å². The maximum absolute atomic E-state index is 13.1. The van der Waals surface area contributed by atoms with Crippen molar-refractivity contribution in [2.45, 2.75) is 61.4 Å². The lowest BCUT2D eigenvalue weighted by atomic mass is 10.0. The van der Waals surface area contributed by atoms with Gasteiger partial charge in [-0.2, -0.15) is 4.31 Å². The van der Waals surface area contributed by atoms with Gasteiger partial charge in [-0.1, -0.05) is 19.9 Å². The van der Waals surface area contributed by atoms with E-state index in [1.54, 1.807) is 0 Å². The Morgan fingerprint density at radius 1 is 1.18 bits per heavy atom. The molecule has 2 rings (SSSR count). The topological polar surface area (TPSA) is 83.9 Å². The maximum atomic E-state index is 13.1. The fourth-order valence-electron chi connectivity index (χ4n) is 3.34. The summed E-state index contributed by atoms with van der Waals surface area (Å²) in [4.78, 5) is 11.6. The van der Waals surface area contributed by atoms with Gasteiger partial charge in [-0.15, -0.1) is 24.9 Å². The molecule has 0 saturated carbocycles. The molecule has 6 nitrogen and oxygen atoms in total. The Labute approximate surface area is 202 Å². The summed E-state index contributed by atoms with van der Waals surface area (Å²) in [5.74, 6) is -1.34. The summed E-state index contributed by atoms with van der Waals surface area (Å²) in [5.41, 5.74) is 1.92. The molecule has 0 unspecified atom stereocenters. The number of halogens is 3. The van der Waals surface area contributed by atoms with Crippen molar-refractivity contribution in [2.75, 3.05) is 13.1 Å². The summed E-state index contributed by atoms with van der Waals surface area (Å²) in [7, 11) is -3.91. The molecule has 34 heavy (non-hydrogen) atoms. The number of thioether (sulfide) groups is 1. The van der Waals surface area contributed by atoms with Gasteiger partial charge in [0.1, 0.15) is 5.75 Å². The Hall–Kier alpha value is -2.24. The van der Waals surface area contributed by atoms with Crippen molar-refractivity contribution in [3.05, 3.63) is 53.6 Å². The molecule has 11 heteroatoms. The van der Waals surface area contributed by atoms with Gasteiger partial charge in [-0.3, -0.25) is 4.79 Å². The third-order valence-corrected chi connectivity index (χ3v) is 7.85. The van der Waals surface area contributed by atoms with E-state index in [2.05, 4.69) is 4.74 Å². The Kier molecular flexibility index (Phi) is 9.84. The van der Waals surface area contributed by atoms with E-state index < -0.39 is 28.1 Å². The number of carboxylic acids is 1.